The lowest BCUT2D eigenvalue weighted by Gasteiger charge is -2.08. The highest BCUT2D eigenvalue weighted by molar-refractivity contribution is 5.97. The second-order valence-corrected chi connectivity index (χ2v) is 3.03. The molecule has 1 amide bonds. The summed E-state index contributed by atoms with van der Waals surface area (Å²) in [5.74, 6) is -4.26. The van der Waals surface area contributed by atoms with Crippen LogP contribution in [0.15, 0.2) is 18.2 Å². The Hall–Kier alpha value is -2.25. The number of carboxylic acids is 1. The van der Waals surface area contributed by atoms with Crippen LogP contribution in [0.5, 0.6) is 5.75 Å². The first-order valence-corrected chi connectivity index (χ1v) is 4.15. The monoisotopic (exact) mass is 249 g/mol. The minimum absolute atomic E-state index is 0.442. The number of halogens is 3. The van der Waals surface area contributed by atoms with E-state index in [9.17, 15) is 22.8 Å². The summed E-state index contributed by atoms with van der Waals surface area (Å²) in [6.07, 6.45) is -5.09. The largest absolute Gasteiger partial charge is 0.508 e. The molecular formula is C9H6F3NO4. The van der Waals surface area contributed by atoms with Crippen molar-refractivity contribution in [2.75, 3.05) is 5.32 Å². The third-order valence-corrected chi connectivity index (χ3v) is 1.68. The number of alkyl halides is 3. The molecule has 0 aliphatic carbocycles. The molecule has 0 radical (unpaired) electrons. The van der Waals surface area contributed by atoms with Gasteiger partial charge in [0.05, 0.1) is 5.56 Å². The van der Waals surface area contributed by atoms with E-state index in [-0.39, 0.29) is 0 Å². The highest BCUT2D eigenvalue weighted by atomic mass is 19.4. The summed E-state index contributed by atoms with van der Waals surface area (Å²) < 4.78 is 35.7. The first kappa shape index (κ1) is 12.8. The van der Waals surface area contributed by atoms with Crippen molar-refractivity contribution in [2.24, 2.45) is 0 Å². The molecule has 0 saturated heterocycles. The summed E-state index contributed by atoms with van der Waals surface area (Å²) in [4.78, 5) is 21.1. The van der Waals surface area contributed by atoms with E-state index in [0.29, 0.717) is 0 Å². The number of hydrogen-bond donors (Lipinski definition) is 3. The highest BCUT2D eigenvalue weighted by Crippen LogP contribution is 2.23. The molecule has 5 nitrogen and oxygen atoms in total. The molecule has 3 N–H and O–H groups in total. The zero-order chi connectivity index (χ0) is 13.2. The molecule has 17 heavy (non-hydrogen) atoms. The third-order valence-electron chi connectivity index (χ3n) is 1.68. The second-order valence-electron chi connectivity index (χ2n) is 3.03. The van der Waals surface area contributed by atoms with Gasteiger partial charge >= 0.3 is 18.1 Å². The number of nitrogens with one attached hydrogen (secondary N) is 1. The summed E-state index contributed by atoms with van der Waals surface area (Å²) in [6.45, 7) is 0. The Labute approximate surface area is 92.5 Å². The Morgan fingerprint density at radius 1 is 1.18 bits per heavy atom. The number of carboxylic acid groups (broad SMARTS) is 1. The number of anilines is 1. The van der Waals surface area contributed by atoms with Crippen molar-refractivity contribution in [3.8, 4) is 5.75 Å². The highest BCUT2D eigenvalue weighted by Gasteiger charge is 2.38. The number of amides is 1. The fraction of sp³-hybridized carbons (Fsp3) is 0.111. The molecule has 0 aliphatic heterocycles. The number of aromatic hydroxyl groups is 1. The fourth-order valence-corrected chi connectivity index (χ4v) is 1.01. The Morgan fingerprint density at radius 3 is 2.24 bits per heavy atom. The van der Waals surface area contributed by atoms with Gasteiger partial charge in [-0.15, -0.1) is 0 Å². The Balaban J connectivity index is 3.00. The average Bonchev–Trinajstić information content (AvgIpc) is 2.14. The summed E-state index contributed by atoms with van der Waals surface area (Å²) in [7, 11) is 0. The van der Waals surface area contributed by atoms with Crippen LogP contribution in [0.4, 0.5) is 18.9 Å². The van der Waals surface area contributed by atoms with Gasteiger partial charge in [0, 0.05) is 11.8 Å². The van der Waals surface area contributed by atoms with Crippen molar-refractivity contribution in [1.29, 1.82) is 0 Å². The fourth-order valence-electron chi connectivity index (χ4n) is 1.01. The van der Waals surface area contributed by atoms with Crippen LogP contribution in [-0.4, -0.2) is 28.3 Å². The van der Waals surface area contributed by atoms with Gasteiger partial charge in [0.15, 0.2) is 0 Å². The topological polar surface area (TPSA) is 86.6 Å². The molecule has 1 rings (SSSR count). The van der Waals surface area contributed by atoms with Gasteiger partial charge in [0.1, 0.15) is 5.75 Å². The van der Waals surface area contributed by atoms with Gasteiger partial charge in [-0.05, 0) is 12.1 Å². The maximum absolute atomic E-state index is 11.9. The van der Waals surface area contributed by atoms with Crippen molar-refractivity contribution in [1.82, 2.24) is 0 Å². The lowest BCUT2D eigenvalue weighted by Crippen LogP contribution is -2.29. The first-order valence-electron chi connectivity index (χ1n) is 4.15. The summed E-state index contributed by atoms with van der Waals surface area (Å²) in [5, 5.41) is 19.1. The zero-order valence-electron chi connectivity index (χ0n) is 8.08. The summed E-state index contributed by atoms with van der Waals surface area (Å²) >= 11 is 0. The molecule has 1 aromatic carbocycles. The Morgan fingerprint density at radius 2 is 1.76 bits per heavy atom. The van der Waals surface area contributed by atoms with Gasteiger partial charge in [0.25, 0.3) is 0 Å². The van der Waals surface area contributed by atoms with Crippen LogP contribution in [0, 0.1) is 0 Å². The quantitative estimate of drug-likeness (QED) is 0.742. The standard InChI is InChI=1S/C9H6F3NO4/c10-9(11,12)8(17)13-5-1-4(7(15)16)2-6(14)3-5/h1-3,14H,(H,13,17)(H,15,16). The molecule has 8 heteroatoms. The number of aromatic carboxylic acids is 1. The lowest BCUT2D eigenvalue weighted by atomic mass is 10.2. The lowest BCUT2D eigenvalue weighted by molar-refractivity contribution is -0.167. The smallest absolute Gasteiger partial charge is 0.471 e. The van der Waals surface area contributed by atoms with Gasteiger partial charge in [-0.25, -0.2) is 4.79 Å². The maximum atomic E-state index is 11.9. The molecule has 1 aromatic rings. The van der Waals surface area contributed by atoms with Gasteiger partial charge in [0.2, 0.25) is 0 Å². The molecular weight excluding hydrogens is 243 g/mol. The van der Waals surface area contributed by atoms with E-state index in [2.05, 4.69) is 0 Å². The normalized spacial score (nSPS) is 11.0. The van der Waals surface area contributed by atoms with Gasteiger partial charge in [-0.3, -0.25) is 4.79 Å². The van der Waals surface area contributed by atoms with E-state index in [4.69, 9.17) is 10.2 Å². The van der Waals surface area contributed by atoms with Crippen molar-refractivity contribution < 1.29 is 33.0 Å². The van der Waals surface area contributed by atoms with Gasteiger partial charge in [-0.1, -0.05) is 0 Å². The third kappa shape index (κ3) is 3.37. The average molecular weight is 249 g/mol. The molecule has 0 spiro atoms. The number of carbonyl (C=O) groups is 2. The van der Waals surface area contributed by atoms with Crippen LogP contribution in [0.3, 0.4) is 0 Å². The molecule has 92 valence electrons. The van der Waals surface area contributed by atoms with E-state index in [1.165, 1.54) is 5.32 Å². The van der Waals surface area contributed by atoms with Crippen LogP contribution in [0.25, 0.3) is 0 Å². The molecule has 0 fully saturated rings. The van der Waals surface area contributed by atoms with Crippen LogP contribution in [0.2, 0.25) is 0 Å². The van der Waals surface area contributed by atoms with Crippen molar-refractivity contribution >= 4 is 17.6 Å². The van der Waals surface area contributed by atoms with Gasteiger partial charge < -0.3 is 15.5 Å². The van der Waals surface area contributed by atoms with Crippen LogP contribution in [0.1, 0.15) is 10.4 Å². The van der Waals surface area contributed by atoms with E-state index < -0.39 is 35.1 Å². The molecule has 0 unspecified atom stereocenters. The molecule has 0 heterocycles. The van der Waals surface area contributed by atoms with E-state index in [1.807, 2.05) is 0 Å². The number of hydrogen-bond acceptors (Lipinski definition) is 3. The predicted octanol–water partition coefficient (Wildman–Crippen LogP) is 1.59. The number of rotatable bonds is 2. The maximum Gasteiger partial charge on any atom is 0.471 e. The Kier molecular flexibility index (Phi) is 3.26. The Bertz CT molecular complexity index is 470. The number of carbonyl (C=O) groups excluding carboxylic acids is 1. The van der Waals surface area contributed by atoms with Crippen LogP contribution < -0.4 is 5.32 Å². The zero-order valence-corrected chi connectivity index (χ0v) is 8.08. The van der Waals surface area contributed by atoms with Crippen molar-refractivity contribution in [2.45, 2.75) is 6.18 Å². The van der Waals surface area contributed by atoms with E-state index >= 15 is 0 Å². The van der Waals surface area contributed by atoms with E-state index in [1.54, 1.807) is 0 Å². The summed E-state index contributed by atoms with van der Waals surface area (Å²) in [5.41, 5.74) is -0.896. The van der Waals surface area contributed by atoms with Crippen molar-refractivity contribution in [3.05, 3.63) is 23.8 Å². The number of phenols is 1. The second kappa shape index (κ2) is 4.32. The van der Waals surface area contributed by atoms with Crippen LogP contribution >= 0.6 is 0 Å². The predicted molar refractivity (Wildman–Crippen MR) is 49.8 cm³/mol. The minimum atomic E-state index is -5.09. The van der Waals surface area contributed by atoms with E-state index in [0.717, 1.165) is 18.2 Å². The molecule has 0 bridgehead atoms. The molecule has 0 atom stereocenters. The minimum Gasteiger partial charge on any atom is -0.508 e. The van der Waals surface area contributed by atoms with Crippen molar-refractivity contribution in [3.63, 3.8) is 0 Å². The molecule has 0 aromatic heterocycles. The first-order chi connectivity index (χ1) is 7.70. The number of phenolic OH excluding ortho intramolecular Hbond substituents is 1. The SMILES string of the molecule is O=C(O)c1cc(O)cc(NC(=O)C(F)(F)F)c1. The van der Waals surface area contributed by atoms with Crippen LogP contribution in [-0.2, 0) is 4.79 Å². The van der Waals surface area contributed by atoms with Gasteiger partial charge in [-0.2, -0.15) is 13.2 Å². The molecule has 0 saturated carbocycles. The summed E-state index contributed by atoms with van der Waals surface area (Å²) in [6, 6.07) is 2.44. The molecule has 0 aliphatic rings. The number of benzene rings is 1.